The van der Waals surface area contributed by atoms with Gasteiger partial charge in [-0.3, -0.25) is 9.69 Å². The molecule has 0 atom stereocenters. The van der Waals surface area contributed by atoms with Gasteiger partial charge in [0.25, 0.3) is 0 Å². The van der Waals surface area contributed by atoms with Gasteiger partial charge in [-0.1, -0.05) is 34.5 Å². The van der Waals surface area contributed by atoms with Gasteiger partial charge in [0, 0.05) is 16.0 Å². The third-order valence-electron chi connectivity index (χ3n) is 2.21. The van der Waals surface area contributed by atoms with E-state index in [-0.39, 0.29) is 6.54 Å². The highest BCUT2D eigenvalue weighted by Crippen LogP contribution is 2.22. The second-order valence-corrected chi connectivity index (χ2v) is 4.76. The Bertz CT molecular complexity index is 384. The van der Waals surface area contributed by atoms with Gasteiger partial charge in [0.15, 0.2) is 0 Å². The molecule has 0 aliphatic rings. The van der Waals surface area contributed by atoms with Crippen molar-refractivity contribution in [2.75, 3.05) is 13.1 Å². The topological polar surface area (TPSA) is 40.5 Å². The van der Waals surface area contributed by atoms with Gasteiger partial charge in [-0.05, 0) is 30.3 Å². The van der Waals surface area contributed by atoms with E-state index in [1.165, 1.54) is 0 Å². The zero-order valence-corrected chi connectivity index (χ0v) is 11.3. The van der Waals surface area contributed by atoms with E-state index >= 15 is 0 Å². The lowest BCUT2D eigenvalue weighted by Crippen LogP contribution is -2.29. The normalized spacial score (nSPS) is 10.8. The van der Waals surface area contributed by atoms with E-state index in [0.29, 0.717) is 18.1 Å². The summed E-state index contributed by atoms with van der Waals surface area (Å²) in [6.45, 7) is 3.17. The van der Waals surface area contributed by atoms with Crippen LogP contribution in [0.3, 0.4) is 0 Å². The molecule has 1 aromatic rings. The number of hydrogen-bond donors (Lipinski definition) is 1. The number of rotatable bonds is 5. The molecule has 0 saturated carbocycles. The first-order chi connectivity index (χ1) is 7.52. The molecule has 0 unspecified atom stereocenters. The molecule has 0 saturated heterocycles. The minimum Gasteiger partial charge on any atom is -0.480 e. The zero-order chi connectivity index (χ0) is 12.1. The van der Waals surface area contributed by atoms with Crippen LogP contribution in [0.15, 0.2) is 22.7 Å². The number of benzene rings is 1. The second kappa shape index (κ2) is 6.23. The molecule has 1 aromatic carbocycles. The minimum absolute atomic E-state index is 0.0271. The lowest BCUT2D eigenvalue weighted by atomic mass is 10.2. The summed E-state index contributed by atoms with van der Waals surface area (Å²) in [7, 11) is 0. The summed E-state index contributed by atoms with van der Waals surface area (Å²) < 4.78 is 0.943. The maximum absolute atomic E-state index is 10.6. The van der Waals surface area contributed by atoms with E-state index in [2.05, 4.69) is 15.9 Å². The van der Waals surface area contributed by atoms with E-state index < -0.39 is 5.97 Å². The molecule has 0 aromatic heterocycles. The smallest absolute Gasteiger partial charge is 0.317 e. The Morgan fingerprint density at radius 2 is 2.25 bits per heavy atom. The molecule has 1 N–H and O–H groups in total. The van der Waals surface area contributed by atoms with Crippen molar-refractivity contribution in [3.8, 4) is 0 Å². The molecular formula is C11H13BrClNO2. The quantitative estimate of drug-likeness (QED) is 0.909. The maximum atomic E-state index is 10.6. The van der Waals surface area contributed by atoms with Crippen molar-refractivity contribution in [2.45, 2.75) is 13.5 Å². The van der Waals surface area contributed by atoms with Gasteiger partial charge in [0.05, 0.1) is 6.54 Å². The van der Waals surface area contributed by atoms with Gasteiger partial charge >= 0.3 is 5.97 Å². The van der Waals surface area contributed by atoms with Gasteiger partial charge < -0.3 is 5.11 Å². The van der Waals surface area contributed by atoms with Gasteiger partial charge in [-0.25, -0.2) is 0 Å². The monoisotopic (exact) mass is 305 g/mol. The van der Waals surface area contributed by atoms with E-state index in [4.69, 9.17) is 16.7 Å². The number of carbonyl (C=O) groups is 1. The molecule has 0 fully saturated rings. The standard InChI is InChI=1S/C11H13BrClNO2/c1-2-14(7-11(15)16)6-8-5-9(12)3-4-10(8)13/h3-5H,2,6-7H2,1H3,(H,15,16). The van der Waals surface area contributed by atoms with Crippen LogP contribution in [0.5, 0.6) is 0 Å². The predicted octanol–water partition coefficient (Wildman–Crippen LogP) is 3.01. The molecule has 0 bridgehead atoms. The van der Waals surface area contributed by atoms with Gasteiger partial charge in [-0.2, -0.15) is 0 Å². The molecule has 1 rings (SSSR count). The third-order valence-corrected chi connectivity index (χ3v) is 3.07. The molecule has 5 heteroatoms. The fraction of sp³-hybridized carbons (Fsp3) is 0.364. The van der Waals surface area contributed by atoms with Crippen LogP contribution in [-0.2, 0) is 11.3 Å². The Morgan fingerprint density at radius 3 is 2.81 bits per heavy atom. The lowest BCUT2D eigenvalue weighted by molar-refractivity contribution is -0.138. The second-order valence-electron chi connectivity index (χ2n) is 3.43. The fourth-order valence-corrected chi connectivity index (χ4v) is 1.96. The maximum Gasteiger partial charge on any atom is 0.317 e. The lowest BCUT2D eigenvalue weighted by Gasteiger charge is -2.18. The van der Waals surface area contributed by atoms with Gasteiger partial charge in [-0.15, -0.1) is 0 Å². The summed E-state index contributed by atoms with van der Waals surface area (Å²) in [4.78, 5) is 12.4. The van der Waals surface area contributed by atoms with Gasteiger partial charge in [0.2, 0.25) is 0 Å². The first kappa shape index (κ1) is 13.5. The largest absolute Gasteiger partial charge is 0.480 e. The number of carboxylic acids is 1. The third kappa shape index (κ3) is 4.12. The van der Waals surface area contributed by atoms with Crippen molar-refractivity contribution in [1.29, 1.82) is 0 Å². The van der Waals surface area contributed by atoms with Crippen LogP contribution in [0.1, 0.15) is 12.5 Å². The van der Waals surface area contributed by atoms with Crippen LogP contribution in [0, 0.1) is 0 Å². The van der Waals surface area contributed by atoms with Crippen LogP contribution in [-0.4, -0.2) is 29.1 Å². The summed E-state index contributed by atoms with van der Waals surface area (Å²) in [5, 5.41) is 9.39. The summed E-state index contributed by atoms with van der Waals surface area (Å²) in [5.74, 6) is -0.826. The Hall–Kier alpha value is -0.580. The molecule has 0 aliphatic carbocycles. The highest BCUT2D eigenvalue weighted by Gasteiger charge is 2.10. The zero-order valence-electron chi connectivity index (χ0n) is 8.91. The highest BCUT2D eigenvalue weighted by atomic mass is 79.9. The molecule has 0 aliphatic heterocycles. The summed E-state index contributed by atoms with van der Waals surface area (Å²) in [5.41, 5.74) is 0.930. The molecule has 0 radical (unpaired) electrons. The molecule has 3 nitrogen and oxygen atoms in total. The van der Waals surface area contributed by atoms with E-state index in [9.17, 15) is 4.79 Å². The average Bonchev–Trinajstić information content (AvgIpc) is 2.21. The Balaban J connectivity index is 2.77. The van der Waals surface area contributed by atoms with Crippen LogP contribution in [0.4, 0.5) is 0 Å². The SMILES string of the molecule is CCN(CC(=O)O)Cc1cc(Br)ccc1Cl. The molecular weight excluding hydrogens is 293 g/mol. The first-order valence-electron chi connectivity index (χ1n) is 4.91. The average molecular weight is 307 g/mol. The summed E-state index contributed by atoms with van der Waals surface area (Å²) in [6.07, 6.45) is 0. The number of likely N-dealkylation sites (N-methyl/N-ethyl adjacent to an activating group) is 1. The Kier molecular flexibility index (Phi) is 5.25. The molecule has 0 heterocycles. The van der Waals surface area contributed by atoms with Crippen molar-refractivity contribution >= 4 is 33.5 Å². The van der Waals surface area contributed by atoms with Crippen molar-refractivity contribution in [3.63, 3.8) is 0 Å². The number of carboxylic acid groups (broad SMARTS) is 1. The number of aliphatic carboxylic acids is 1. The molecule has 88 valence electrons. The fourth-order valence-electron chi connectivity index (χ4n) is 1.38. The Labute approximate surface area is 108 Å². The highest BCUT2D eigenvalue weighted by molar-refractivity contribution is 9.10. The van der Waals surface area contributed by atoms with E-state index in [0.717, 1.165) is 10.0 Å². The van der Waals surface area contributed by atoms with Crippen molar-refractivity contribution < 1.29 is 9.90 Å². The van der Waals surface area contributed by atoms with Gasteiger partial charge in [0.1, 0.15) is 0 Å². The summed E-state index contributed by atoms with van der Waals surface area (Å²) in [6, 6.07) is 5.57. The molecule has 0 spiro atoms. The van der Waals surface area contributed by atoms with Crippen molar-refractivity contribution in [3.05, 3.63) is 33.3 Å². The van der Waals surface area contributed by atoms with Crippen LogP contribution in [0.2, 0.25) is 5.02 Å². The van der Waals surface area contributed by atoms with Crippen LogP contribution >= 0.6 is 27.5 Å². The predicted molar refractivity (Wildman–Crippen MR) is 67.7 cm³/mol. The number of nitrogens with zero attached hydrogens (tertiary/aromatic N) is 1. The molecule has 16 heavy (non-hydrogen) atoms. The Morgan fingerprint density at radius 1 is 1.56 bits per heavy atom. The van der Waals surface area contributed by atoms with E-state index in [1.807, 2.05) is 24.0 Å². The van der Waals surface area contributed by atoms with Crippen LogP contribution < -0.4 is 0 Å². The summed E-state index contributed by atoms with van der Waals surface area (Å²) >= 11 is 9.40. The van der Waals surface area contributed by atoms with Crippen molar-refractivity contribution in [1.82, 2.24) is 4.90 Å². The number of hydrogen-bond acceptors (Lipinski definition) is 2. The van der Waals surface area contributed by atoms with E-state index in [1.54, 1.807) is 6.07 Å². The minimum atomic E-state index is -0.826. The molecule has 0 amide bonds. The van der Waals surface area contributed by atoms with Crippen LogP contribution in [0.25, 0.3) is 0 Å². The van der Waals surface area contributed by atoms with Crippen molar-refractivity contribution in [2.24, 2.45) is 0 Å². The first-order valence-corrected chi connectivity index (χ1v) is 6.08. The number of halogens is 2.